The van der Waals surface area contributed by atoms with Crippen LogP contribution in [0.3, 0.4) is 0 Å². The van der Waals surface area contributed by atoms with Crippen LogP contribution in [0, 0.1) is 6.92 Å². The molecule has 1 aliphatic rings. The van der Waals surface area contributed by atoms with Gasteiger partial charge in [0.15, 0.2) is 0 Å². The van der Waals surface area contributed by atoms with E-state index in [-0.39, 0.29) is 0 Å². The summed E-state index contributed by atoms with van der Waals surface area (Å²) in [6, 6.07) is 4.85. The van der Waals surface area contributed by atoms with E-state index < -0.39 is 0 Å². The molecule has 3 heteroatoms. The molecule has 0 atom stereocenters. The molecule has 1 N–H and O–H groups in total. The molecule has 3 nitrogen and oxygen atoms in total. The molecule has 17 heavy (non-hydrogen) atoms. The maximum absolute atomic E-state index is 5.59. The minimum Gasteiger partial charge on any atom is -0.478 e. The quantitative estimate of drug-likeness (QED) is 0.737. The van der Waals surface area contributed by atoms with Crippen molar-refractivity contribution in [1.29, 1.82) is 0 Å². The van der Waals surface area contributed by atoms with Crippen molar-refractivity contribution in [2.75, 3.05) is 6.61 Å². The third-order valence-corrected chi connectivity index (χ3v) is 3.08. The van der Waals surface area contributed by atoms with E-state index in [0.29, 0.717) is 0 Å². The second kappa shape index (κ2) is 6.01. The number of unbranched alkanes of at least 4 members (excludes halogenated alkanes) is 1. The molecule has 1 heterocycles. The SMILES string of the molecule is CCCCOc1ccc(CNC2CC2)c(C)n1. The fourth-order valence-corrected chi connectivity index (χ4v) is 1.70. The first-order chi connectivity index (χ1) is 8.29. The van der Waals surface area contributed by atoms with Crippen molar-refractivity contribution in [2.45, 2.75) is 52.1 Å². The Kier molecular flexibility index (Phi) is 4.37. The van der Waals surface area contributed by atoms with E-state index in [4.69, 9.17) is 4.74 Å². The molecule has 1 saturated carbocycles. The number of ether oxygens (including phenoxy) is 1. The zero-order chi connectivity index (χ0) is 12.1. The Balaban J connectivity index is 1.85. The topological polar surface area (TPSA) is 34.1 Å². The van der Waals surface area contributed by atoms with Crippen molar-refractivity contribution < 1.29 is 4.74 Å². The number of rotatable bonds is 7. The van der Waals surface area contributed by atoms with E-state index in [2.05, 4.69) is 30.2 Å². The molecule has 0 saturated heterocycles. The van der Waals surface area contributed by atoms with Crippen molar-refractivity contribution in [3.8, 4) is 5.88 Å². The molecule has 94 valence electrons. The van der Waals surface area contributed by atoms with Crippen LogP contribution in [0.25, 0.3) is 0 Å². The normalized spacial score (nSPS) is 14.9. The smallest absolute Gasteiger partial charge is 0.213 e. The Morgan fingerprint density at radius 1 is 1.41 bits per heavy atom. The number of nitrogens with zero attached hydrogens (tertiary/aromatic N) is 1. The van der Waals surface area contributed by atoms with Crippen LogP contribution in [0.15, 0.2) is 12.1 Å². The average molecular weight is 234 g/mol. The highest BCUT2D eigenvalue weighted by atomic mass is 16.5. The number of hydrogen-bond acceptors (Lipinski definition) is 3. The van der Waals surface area contributed by atoms with E-state index in [1.807, 2.05) is 6.07 Å². The molecule has 1 aromatic heterocycles. The predicted molar refractivity (Wildman–Crippen MR) is 69.2 cm³/mol. The van der Waals surface area contributed by atoms with Gasteiger partial charge in [0.05, 0.1) is 6.61 Å². The number of pyridine rings is 1. The lowest BCUT2D eigenvalue weighted by Crippen LogP contribution is -2.16. The summed E-state index contributed by atoms with van der Waals surface area (Å²) in [7, 11) is 0. The highest BCUT2D eigenvalue weighted by Crippen LogP contribution is 2.20. The van der Waals surface area contributed by atoms with Crippen molar-refractivity contribution in [3.63, 3.8) is 0 Å². The molecule has 0 amide bonds. The monoisotopic (exact) mass is 234 g/mol. The molecule has 2 rings (SSSR count). The van der Waals surface area contributed by atoms with Gasteiger partial charge in [-0.1, -0.05) is 19.4 Å². The molecule has 0 radical (unpaired) electrons. The lowest BCUT2D eigenvalue weighted by Gasteiger charge is -2.09. The Morgan fingerprint density at radius 3 is 2.88 bits per heavy atom. The molecule has 0 bridgehead atoms. The minimum absolute atomic E-state index is 0.745. The Bertz CT molecular complexity index is 361. The van der Waals surface area contributed by atoms with Crippen molar-refractivity contribution >= 4 is 0 Å². The lowest BCUT2D eigenvalue weighted by molar-refractivity contribution is 0.297. The van der Waals surface area contributed by atoms with Gasteiger partial charge in [0.1, 0.15) is 0 Å². The van der Waals surface area contributed by atoms with Crippen molar-refractivity contribution in [2.24, 2.45) is 0 Å². The summed E-state index contributed by atoms with van der Waals surface area (Å²) in [4.78, 5) is 4.48. The summed E-state index contributed by atoms with van der Waals surface area (Å²) in [5.41, 5.74) is 2.35. The standard InChI is InChI=1S/C14H22N2O/c1-3-4-9-17-14-8-5-12(11(2)16-14)10-15-13-6-7-13/h5,8,13,15H,3-4,6-7,9-10H2,1-2H3. The zero-order valence-electron chi connectivity index (χ0n) is 10.8. The molecule has 1 aliphatic carbocycles. The van der Waals surface area contributed by atoms with Crippen LogP contribution in [0.2, 0.25) is 0 Å². The van der Waals surface area contributed by atoms with Gasteiger partial charge in [-0.3, -0.25) is 0 Å². The van der Waals surface area contributed by atoms with Crippen LogP contribution < -0.4 is 10.1 Å². The molecular formula is C14H22N2O. The fourth-order valence-electron chi connectivity index (χ4n) is 1.70. The summed E-state index contributed by atoms with van der Waals surface area (Å²) in [5, 5.41) is 3.50. The van der Waals surface area contributed by atoms with Gasteiger partial charge >= 0.3 is 0 Å². The van der Waals surface area contributed by atoms with E-state index in [9.17, 15) is 0 Å². The highest BCUT2D eigenvalue weighted by Gasteiger charge is 2.20. The van der Waals surface area contributed by atoms with E-state index >= 15 is 0 Å². The Labute approximate surface area is 104 Å². The predicted octanol–water partition coefficient (Wildman–Crippen LogP) is 2.82. The lowest BCUT2D eigenvalue weighted by atomic mass is 10.2. The van der Waals surface area contributed by atoms with Gasteiger partial charge in [0.25, 0.3) is 0 Å². The number of aryl methyl sites for hydroxylation is 1. The third-order valence-electron chi connectivity index (χ3n) is 3.08. The van der Waals surface area contributed by atoms with Crippen LogP contribution in [-0.2, 0) is 6.54 Å². The molecular weight excluding hydrogens is 212 g/mol. The zero-order valence-corrected chi connectivity index (χ0v) is 10.8. The molecule has 0 spiro atoms. The number of aromatic nitrogens is 1. The number of hydrogen-bond donors (Lipinski definition) is 1. The maximum atomic E-state index is 5.59. The van der Waals surface area contributed by atoms with Gasteiger partial charge in [-0.15, -0.1) is 0 Å². The van der Waals surface area contributed by atoms with Gasteiger partial charge in [-0.05, 0) is 31.7 Å². The summed E-state index contributed by atoms with van der Waals surface area (Å²) in [5.74, 6) is 0.756. The van der Waals surface area contributed by atoms with Crippen LogP contribution in [0.1, 0.15) is 43.9 Å². The van der Waals surface area contributed by atoms with Gasteiger partial charge in [0.2, 0.25) is 5.88 Å². The summed E-state index contributed by atoms with van der Waals surface area (Å²) < 4.78 is 5.59. The third kappa shape index (κ3) is 4.00. The Hall–Kier alpha value is -1.09. The summed E-state index contributed by atoms with van der Waals surface area (Å²) in [6.45, 7) is 5.91. The van der Waals surface area contributed by atoms with Gasteiger partial charge in [-0.2, -0.15) is 0 Å². The summed E-state index contributed by atoms with van der Waals surface area (Å²) in [6.07, 6.45) is 4.89. The molecule has 1 aromatic rings. The highest BCUT2D eigenvalue weighted by molar-refractivity contribution is 5.25. The molecule has 0 aromatic carbocycles. The molecule has 0 aliphatic heterocycles. The van der Waals surface area contributed by atoms with Gasteiger partial charge in [-0.25, -0.2) is 4.98 Å². The first kappa shape index (κ1) is 12.4. The van der Waals surface area contributed by atoms with Crippen molar-refractivity contribution in [1.82, 2.24) is 10.3 Å². The van der Waals surface area contributed by atoms with E-state index in [0.717, 1.165) is 43.6 Å². The second-order valence-corrected chi connectivity index (χ2v) is 4.75. The molecule has 1 fully saturated rings. The average Bonchev–Trinajstić information content (AvgIpc) is 3.12. The minimum atomic E-state index is 0.745. The maximum Gasteiger partial charge on any atom is 0.213 e. The summed E-state index contributed by atoms with van der Waals surface area (Å²) >= 11 is 0. The molecule has 0 unspecified atom stereocenters. The first-order valence-corrected chi connectivity index (χ1v) is 6.62. The van der Waals surface area contributed by atoms with Gasteiger partial charge in [0, 0.05) is 24.3 Å². The van der Waals surface area contributed by atoms with Crippen LogP contribution in [0.5, 0.6) is 5.88 Å². The second-order valence-electron chi connectivity index (χ2n) is 4.75. The largest absolute Gasteiger partial charge is 0.478 e. The van der Waals surface area contributed by atoms with Crippen LogP contribution >= 0.6 is 0 Å². The van der Waals surface area contributed by atoms with E-state index in [1.54, 1.807) is 0 Å². The van der Waals surface area contributed by atoms with Crippen LogP contribution in [0.4, 0.5) is 0 Å². The fraction of sp³-hybridized carbons (Fsp3) is 0.643. The first-order valence-electron chi connectivity index (χ1n) is 6.62. The van der Waals surface area contributed by atoms with E-state index in [1.165, 1.54) is 18.4 Å². The van der Waals surface area contributed by atoms with Gasteiger partial charge < -0.3 is 10.1 Å². The van der Waals surface area contributed by atoms with Crippen molar-refractivity contribution in [3.05, 3.63) is 23.4 Å². The Morgan fingerprint density at radius 2 is 2.24 bits per heavy atom. The number of nitrogens with one attached hydrogen (secondary N) is 1. The van der Waals surface area contributed by atoms with Crippen LogP contribution in [-0.4, -0.2) is 17.6 Å².